The minimum atomic E-state index is 0.191. The maximum absolute atomic E-state index is 10.9. The summed E-state index contributed by atoms with van der Waals surface area (Å²) in [5, 5.41) is 0. The van der Waals surface area contributed by atoms with Crippen LogP contribution < -0.4 is 9.47 Å². The zero-order valence-corrected chi connectivity index (χ0v) is 8.95. The van der Waals surface area contributed by atoms with Gasteiger partial charge in [0.1, 0.15) is 17.6 Å². The van der Waals surface area contributed by atoms with Crippen molar-refractivity contribution in [3.63, 3.8) is 0 Å². The molecule has 1 heterocycles. The molecular formula is C12H14O3. The van der Waals surface area contributed by atoms with Gasteiger partial charge in [-0.15, -0.1) is 0 Å². The molecule has 2 rings (SSSR count). The monoisotopic (exact) mass is 206 g/mol. The van der Waals surface area contributed by atoms with E-state index in [-0.39, 0.29) is 6.10 Å². The van der Waals surface area contributed by atoms with Crippen molar-refractivity contribution in [1.82, 2.24) is 0 Å². The number of ether oxygens (including phenoxy) is 2. The Labute approximate surface area is 89.0 Å². The van der Waals surface area contributed by atoms with Gasteiger partial charge in [0, 0.05) is 12.5 Å². The maximum Gasteiger partial charge on any atom is 0.153 e. The van der Waals surface area contributed by atoms with Crippen molar-refractivity contribution in [2.45, 2.75) is 26.4 Å². The van der Waals surface area contributed by atoms with Crippen LogP contribution in [0.4, 0.5) is 0 Å². The van der Waals surface area contributed by atoms with E-state index in [4.69, 9.17) is 9.47 Å². The molecule has 1 atom stereocenters. The van der Waals surface area contributed by atoms with E-state index in [0.29, 0.717) is 17.9 Å². The highest BCUT2D eigenvalue weighted by molar-refractivity contribution is 5.80. The van der Waals surface area contributed by atoms with Gasteiger partial charge in [-0.1, -0.05) is 0 Å². The molecule has 15 heavy (non-hydrogen) atoms. The molecule has 80 valence electrons. The number of carbonyl (C=O) groups excluding carboxylic acids is 1. The van der Waals surface area contributed by atoms with Crippen LogP contribution in [0.5, 0.6) is 11.5 Å². The van der Waals surface area contributed by atoms with E-state index >= 15 is 0 Å². The first kappa shape index (κ1) is 10.0. The van der Waals surface area contributed by atoms with Crippen molar-refractivity contribution < 1.29 is 14.3 Å². The molecule has 3 nitrogen and oxygen atoms in total. The molecule has 1 aliphatic rings. The second kappa shape index (κ2) is 3.93. The maximum atomic E-state index is 10.9. The van der Waals surface area contributed by atoms with Crippen molar-refractivity contribution >= 4 is 6.29 Å². The lowest BCUT2D eigenvalue weighted by Crippen LogP contribution is -2.05. The molecule has 0 saturated heterocycles. The second-order valence-corrected chi connectivity index (χ2v) is 3.68. The second-order valence-electron chi connectivity index (χ2n) is 3.68. The summed E-state index contributed by atoms with van der Waals surface area (Å²) < 4.78 is 11.0. The van der Waals surface area contributed by atoms with E-state index in [1.54, 1.807) is 0 Å². The van der Waals surface area contributed by atoms with Crippen LogP contribution in [0.25, 0.3) is 0 Å². The Morgan fingerprint density at radius 1 is 1.60 bits per heavy atom. The predicted molar refractivity (Wildman–Crippen MR) is 56.8 cm³/mol. The molecule has 0 bridgehead atoms. The van der Waals surface area contributed by atoms with E-state index < -0.39 is 0 Å². The molecule has 0 saturated carbocycles. The lowest BCUT2D eigenvalue weighted by molar-refractivity contribution is 0.112. The molecule has 0 N–H and O–H groups in total. The Bertz CT molecular complexity index is 385. The van der Waals surface area contributed by atoms with E-state index in [1.807, 2.05) is 26.0 Å². The van der Waals surface area contributed by atoms with Gasteiger partial charge in [0.25, 0.3) is 0 Å². The summed E-state index contributed by atoms with van der Waals surface area (Å²) in [5.41, 5.74) is 1.70. The number of rotatable bonds is 3. The third kappa shape index (κ3) is 1.82. The first-order chi connectivity index (χ1) is 7.24. The molecule has 1 aromatic carbocycles. The highest BCUT2D eigenvalue weighted by Crippen LogP contribution is 2.34. The SMILES string of the molecule is CCOc1cc2c(cc1C=O)C[C@@H](C)O2. The minimum absolute atomic E-state index is 0.191. The van der Waals surface area contributed by atoms with Crippen LogP contribution in [0.2, 0.25) is 0 Å². The van der Waals surface area contributed by atoms with Gasteiger partial charge in [-0.3, -0.25) is 4.79 Å². The molecule has 0 unspecified atom stereocenters. The molecular weight excluding hydrogens is 192 g/mol. The molecule has 0 aromatic heterocycles. The highest BCUT2D eigenvalue weighted by Gasteiger charge is 2.21. The number of fused-ring (bicyclic) bond motifs is 1. The van der Waals surface area contributed by atoms with E-state index in [0.717, 1.165) is 24.0 Å². The lowest BCUT2D eigenvalue weighted by atomic mass is 10.1. The van der Waals surface area contributed by atoms with Gasteiger partial charge in [-0.25, -0.2) is 0 Å². The summed E-state index contributed by atoms with van der Waals surface area (Å²) in [4.78, 5) is 10.9. The molecule has 0 amide bonds. The molecule has 1 aliphatic heterocycles. The number of carbonyl (C=O) groups is 1. The van der Waals surface area contributed by atoms with Gasteiger partial charge in [0.15, 0.2) is 6.29 Å². The van der Waals surface area contributed by atoms with Gasteiger partial charge in [-0.2, -0.15) is 0 Å². The topological polar surface area (TPSA) is 35.5 Å². The van der Waals surface area contributed by atoms with Gasteiger partial charge in [0.2, 0.25) is 0 Å². The summed E-state index contributed by atoms with van der Waals surface area (Å²) in [6.45, 7) is 4.46. The Morgan fingerprint density at radius 3 is 3.07 bits per heavy atom. The summed E-state index contributed by atoms with van der Waals surface area (Å²) in [6, 6.07) is 3.67. The Kier molecular flexibility index (Phi) is 2.62. The third-order valence-corrected chi connectivity index (χ3v) is 2.46. The number of hydrogen-bond acceptors (Lipinski definition) is 3. The van der Waals surface area contributed by atoms with Crippen molar-refractivity contribution in [2.24, 2.45) is 0 Å². The van der Waals surface area contributed by atoms with E-state index in [1.165, 1.54) is 0 Å². The molecule has 1 aromatic rings. The zero-order chi connectivity index (χ0) is 10.8. The summed E-state index contributed by atoms with van der Waals surface area (Å²) >= 11 is 0. The van der Waals surface area contributed by atoms with Crippen molar-refractivity contribution in [1.29, 1.82) is 0 Å². The first-order valence-corrected chi connectivity index (χ1v) is 5.16. The lowest BCUT2D eigenvalue weighted by Gasteiger charge is -2.08. The van der Waals surface area contributed by atoms with Gasteiger partial charge < -0.3 is 9.47 Å². The Hall–Kier alpha value is -1.51. The number of aldehydes is 1. The fourth-order valence-corrected chi connectivity index (χ4v) is 1.83. The molecule has 3 heteroatoms. The third-order valence-electron chi connectivity index (χ3n) is 2.46. The smallest absolute Gasteiger partial charge is 0.153 e. The van der Waals surface area contributed by atoms with Gasteiger partial charge in [-0.05, 0) is 25.5 Å². The standard InChI is InChI=1S/C12H14O3/c1-3-14-11-6-12-9(4-8(2)15-12)5-10(11)7-13/h5-8H,3-4H2,1-2H3/t8-/m1/s1. The summed E-state index contributed by atoms with van der Waals surface area (Å²) in [6.07, 6.45) is 1.88. The van der Waals surface area contributed by atoms with Crippen LogP contribution >= 0.6 is 0 Å². The van der Waals surface area contributed by atoms with Crippen LogP contribution in [0.1, 0.15) is 29.8 Å². The minimum Gasteiger partial charge on any atom is -0.493 e. The largest absolute Gasteiger partial charge is 0.493 e. The fourth-order valence-electron chi connectivity index (χ4n) is 1.83. The van der Waals surface area contributed by atoms with Crippen LogP contribution in [-0.2, 0) is 6.42 Å². The fraction of sp³-hybridized carbons (Fsp3) is 0.417. The van der Waals surface area contributed by atoms with Crippen LogP contribution in [0, 0.1) is 0 Å². The van der Waals surface area contributed by atoms with Crippen LogP contribution in [-0.4, -0.2) is 19.0 Å². The normalized spacial score (nSPS) is 18.1. The predicted octanol–water partition coefficient (Wildman–Crippen LogP) is 2.22. The molecule has 0 spiro atoms. The van der Waals surface area contributed by atoms with Crippen molar-refractivity contribution in [3.05, 3.63) is 23.3 Å². The zero-order valence-electron chi connectivity index (χ0n) is 8.95. The molecule has 0 aliphatic carbocycles. The molecule has 0 fully saturated rings. The van der Waals surface area contributed by atoms with E-state index in [2.05, 4.69) is 0 Å². The van der Waals surface area contributed by atoms with Gasteiger partial charge >= 0.3 is 0 Å². The Morgan fingerprint density at radius 2 is 2.40 bits per heavy atom. The average Bonchev–Trinajstić information content (AvgIpc) is 2.56. The van der Waals surface area contributed by atoms with Crippen molar-refractivity contribution in [3.8, 4) is 11.5 Å². The highest BCUT2D eigenvalue weighted by atomic mass is 16.5. The molecule has 0 radical (unpaired) electrons. The quantitative estimate of drug-likeness (QED) is 0.711. The van der Waals surface area contributed by atoms with Crippen molar-refractivity contribution in [2.75, 3.05) is 6.61 Å². The average molecular weight is 206 g/mol. The first-order valence-electron chi connectivity index (χ1n) is 5.16. The number of hydrogen-bond donors (Lipinski definition) is 0. The Balaban J connectivity index is 2.41. The van der Waals surface area contributed by atoms with Gasteiger partial charge in [0.05, 0.1) is 12.2 Å². The summed E-state index contributed by atoms with van der Waals surface area (Å²) in [7, 11) is 0. The number of benzene rings is 1. The van der Waals surface area contributed by atoms with E-state index in [9.17, 15) is 4.79 Å². The van der Waals surface area contributed by atoms with Crippen LogP contribution in [0.3, 0.4) is 0 Å². The summed E-state index contributed by atoms with van der Waals surface area (Å²) in [5.74, 6) is 1.46. The van der Waals surface area contributed by atoms with Crippen LogP contribution in [0.15, 0.2) is 12.1 Å².